The van der Waals surface area contributed by atoms with Gasteiger partial charge in [-0.3, -0.25) is 9.97 Å². The van der Waals surface area contributed by atoms with Gasteiger partial charge >= 0.3 is 0 Å². The summed E-state index contributed by atoms with van der Waals surface area (Å²) in [6.45, 7) is 13.3. The molecule has 0 bridgehead atoms. The van der Waals surface area contributed by atoms with Crippen molar-refractivity contribution in [3.05, 3.63) is 138 Å². The fraction of sp³-hybridized carbons (Fsp3) is 0.282. The molecule has 0 unspecified atom stereocenters. The molecule has 2 aromatic heterocycles. The quantitative estimate of drug-likeness (QED) is 0.175. The molecule has 5 rings (SSSR count). The number of ether oxygens (including phenoxy) is 2. The van der Waals surface area contributed by atoms with Crippen LogP contribution in [0.25, 0.3) is 22.4 Å². The summed E-state index contributed by atoms with van der Waals surface area (Å²) in [5.41, 5.74) is 9.29. The van der Waals surface area contributed by atoms with Gasteiger partial charge in [-0.25, -0.2) is 0 Å². The third-order valence-corrected chi connectivity index (χ3v) is 6.50. The zero-order valence-electron chi connectivity index (χ0n) is 27.0. The van der Waals surface area contributed by atoms with E-state index in [1.165, 1.54) is 22.3 Å². The fourth-order valence-corrected chi connectivity index (χ4v) is 4.49. The van der Waals surface area contributed by atoms with Gasteiger partial charge in [0.2, 0.25) is 0 Å². The Hall–Kier alpha value is -4.28. The molecule has 0 aliphatic carbocycles. The summed E-state index contributed by atoms with van der Waals surface area (Å²) in [5.74, 6) is 0.812. The van der Waals surface area contributed by atoms with E-state index >= 15 is 0 Å². The van der Waals surface area contributed by atoms with Gasteiger partial charge in [0.05, 0.1) is 37.4 Å². The van der Waals surface area contributed by atoms with E-state index in [2.05, 4.69) is 72.3 Å². The first-order chi connectivity index (χ1) is 21.2. The van der Waals surface area contributed by atoms with Gasteiger partial charge in [0.15, 0.2) is 0 Å². The second-order valence-electron chi connectivity index (χ2n) is 9.05. The van der Waals surface area contributed by atoms with Gasteiger partial charge in [0, 0.05) is 11.8 Å². The van der Waals surface area contributed by atoms with E-state index in [-0.39, 0.29) is 0 Å². The Morgan fingerprint density at radius 3 is 1.60 bits per heavy atom. The summed E-state index contributed by atoms with van der Waals surface area (Å²) >= 11 is 0. The van der Waals surface area contributed by atoms with Crippen LogP contribution in [0.3, 0.4) is 0 Å². The normalized spacial score (nSPS) is 9.74. The molecule has 0 radical (unpaired) electrons. The molecule has 0 spiro atoms. The van der Waals surface area contributed by atoms with E-state index in [9.17, 15) is 0 Å². The number of methoxy groups -OCH3 is 1. The van der Waals surface area contributed by atoms with Crippen molar-refractivity contribution in [1.82, 2.24) is 9.97 Å². The summed E-state index contributed by atoms with van der Waals surface area (Å²) in [7, 11) is 1.67. The first kappa shape index (κ1) is 34.9. The lowest BCUT2D eigenvalue weighted by atomic mass is 9.93. The molecule has 0 aliphatic heterocycles. The van der Waals surface area contributed by atoms with E-state index < -0.39 is 0 Å². The van der Waals surface area contributed by atoms with E-state index in [0.29, 0.717) is 13.2 Å². The van der Waals surface area contributed by atoms with Crippen molar-refractivity contribution < 1.29 is 9.47 Å². The van der Waals surface area contributed by atoms with Crippen molar-refractivity contribution >= 4 is 0 Å². The summed E-state index contributed by atoms with van der Waals surface area (Å²) in [5, 5.41) is 0. The van der Waals surface area contributed by atoms with Crippen LogP contribution in [0.1, 0.15) is 64.1 Å². The van der Waals surface area contributed by atoms with Crippen molar-refractivity contribution in [2.24, 2.45) is 0 Å². The zero-order valence-corrected chi connectivity index (χ0v) is 27.0. The highest BCUT2D eigenvalue weighted by atomic mass is 16.5. The SMILES string of the molecule is CC.CC.CCc1ccccc1-c1ccccc1CC.COc1ccccc1-c1cccc(COCc2ccccn2)n1. The zero-order chi connectivity index (χ0) is 31.3. The minimum Gasteiger partial charge on any atom is -0.496 e. The average Bonchev–Trinajstić information content (AvgIpc) is 3.11. The number of hydrogen-bond acceptors (Lipinski definition) is 4. The molecular weight excluding hydrogens is 528 g/mol. The number of rotatable bonds is 9. The lowest BCUT2D eigenvalue weighted by Crippen LogP contribution is -1.99. The minimum absolute atomic E-state index is 0.444. The number of aromatic nitrogens is 2. The van der Waals surface area contributed by atoms with Gasteiger partial charge in [0.25, 0.3) is 0 Å². The van der Waals surface area contributed by atoms with Crippen molar-refractivity contribution in [3.63, 3.8) is 0 Å². The van der Waals surface area contributed by atoms with Crippen molar-refractivity contribution in [2.45, 2.75) is 67.6 Å². The number of benzene rings is 3. The van der Waals surface area contributed by atoms with Gasteiger partial charge in [-0.15, -0.1) is 0 Å². The summed E-state index contributed by atoms with van der Waals surface area (Å²) in [4.78, 5) is 8.89. The van der Waals surface area contributed by atoms with E-state index in [1.54, 1.807) is 13.3 Å². The lowest BCUT2D eigenvalue weighted by Gasteiger charge is -2.11. The molecular formula is C39H48N2O2. The highest BCUT2D eigenvalue weighted by Gasteiger charge is 2.08. The van der Waals surface area contributed by atoms with Gasteiger partial charge in [-0.05, 0) is 71.5 Å². The number of nitrogens with zero attached hydrogens (tertiary/aromatic N) is 2. The first-order valence-electron chi connectivity index (χ1n) is 15.5. The summed E-state index contributed by atoms with van der Waals surface area (Å²) in [6, 6.07) is 36.9. The Morgan fingerprint density at radius 1 is 0.535 bits per heavy atom. The van der Waals surface area contributed by atoms with E-state index in [4.69, 9.17) is 9.47 Å². The van der Waals surface area contributed by atoms with Gasteiger partial charge in [-0.1, -0.05) is 114 Å². The van der Waals surface area contributed by atoms with E-state index in [1.807, 2.05) is 88.4 Å². The van der Waals surface area contributed by atoms with Crippen LogP contribution < -0.4 is 4.74 Å². The topological polar surface area (TPSA) is 44.2 Å². The molecule has 2 heterocycles. The molecule has 0 saturated heterocycles. The third kappa shape index (κ3) is 10.8. The molecule has 0 atom stereocenters. The number of pyridine rings is 2. The molecule has 43 heavy (non-hydrogen) atoms. The van der Waals surface area contributed by atoms with Crippen LogP contribution in [0.15, 0.2) is 115 Å². The molecule has 4 heteroatoms. The monoisotopic (exact) mass is 576 g/mol. The highest BCUT2D eigenvalue weighted by Crippen LogP contribution is 2.29. The molecule has 226 valence electrons. The minimum atomic E-state index is 0.444. The van der Waals surface area contributed by atoms with Crippen molar-refractivity contribution in [3.8, 4) is 28.1 Å². The molecule has 4 nitrogen and oxygen atoms in total. The van der Waals surface area contributed by atoms with E-state index in [0.717, 1.165) is 41.2 Å². The second kappa shape index (κ2) is 20.6. The Labute approximate surface area is 259 Å². The van der Waals surface area contributed by atoms with Crippen LogP contribution in [0, 0.1) is 0 Å². The Morgan fingerprint density at radius 2 is 1.05 bits per heavy atom. The predicted octanol–water partition coefficient (Wildman–Crippen LogP) is 10.4. The Balaban J connectivity index is 0.000000283. The number of para-hydroxylation sites is 1. The Bertz CT molecular complexity index is 1410. The molecule has 0 N–H and O–H groups in total. The first-order valence-corrected chi connectivity index (χ1v) is 15.5. The van der Waals surface area contributed by atoms with Crippen LogP contribution in [-0.4, -0.2) is 17.1 Å². The number of aryl methyl sites for hydroxylation is 2. The largest absolute Gasteiger partial charge is 0.496 e. The highest BCUT2D eigenvalue weighted by molar-refractivity contribution is 5.70. The molecule has 5 aromatic rings. The maximum absolute atomic E-state index is 5.70. The summed E-state index contributed by atoms with van der Waals surface area (Å²) < 4.78 is 11.1. The van der Waals surface area contributed by atoms with Crippen molar-refractivity contribution in [2.75, 3.05) is 7.11 Å². The number of hydrogen-bond donors (Lipinski definition) is 0. The second-order valence-corrected chi connectivity index (χ2v) is 9.05. The van der Waals surface area contributed by atoms with Crippen LogP contribution in [0.4, 0.5) is 0 Å². The standard InChI is InChI=1S/C19H18N2O2.C16H18.2C2H6/c1-22-19-11-3-2-9-17(19)18-10-6-8-16(21-18)14-23-13-15-7-4-5-12-20-15;1-3-13-9-5-7-11-15(13)16-12-8-6-10-14(16)4-2;2*1-2/h2-12H,13-14H2,1H3;5-12H,3-4H2,1-2H3;2*1-2H3. The van der Waals surface area contributed by atoms with Crippen LogP contribution >= 0.6 is 0 Å². The molecule has 0 aliphatic rings. The smallest absolute Gasteiger partial charge is 0.128 e. The molecule has 0 saturated carbocycles. The molecule has 0 amide bonds. The average molecular weight is 577 g/mol. The Kier molecular flexibility index (Phi) is 16.7. The van der Waals surface area contributed by atoms with Crippen LogP contribution in [0.2, 0.25) is 0 Å². The maximum atomic E-state index is 5.70. The lowest BCUT2D eigenvalue weighted by molar-refractivity contribution is 0.102. The van der Waals surface area contributed by atoms with Gasteiger partial charge in [0.1, 0.15) is 5.75 Å². The summed E-state index contributed by atoms with van der Waals surface area (Å²) in [6.07, 6.45) is 3.95. The third-order valence-electron chi connectivity index (χ3n) is 6.50. The van der Waals surface area contributed by atoms with Gasteiger partial charge < -0.3 is 9.47 Å². The van der Waals surface area contributed by atoms with Crippen molar-refractivity contribution in [1.29, 1.82) is 0 Å². The molecule has 0 fully saturated rings. The molecule has 3 aromatic carbocycles. The van der Waals surface area contributed by atoms with Crippen LogP contribution in [-0.2, 0) is 30.8 Å². The van der Waals surface area contributed by atoms with Crippen LogP contribution in [0.5, 0.6) is 5.75 Å². The fourth-order valence-electron chi connectivity index (χ4n) is 4.49. The maximum Gasteiger partial charge on any atom is 0.128 e. The van der Waals surface area contributed by atoms with Gasteiger partial charge in [-0.2, -0.15) is 0 Å². The predicted molar refractivity (Wildman–Crippen MR) is 182 cm³/mol.